The summed E-state index contributed by atoms with van der Waals surface area (Å²) in [5.74, 6) is 1.34. The van der Waals surface area contributed by atoms with E-state index in [-0.39, 0.29) is 11.9 Å². The molecule has 2 aliphatic rings. The molecule has 2 fully saturated rings. The van der Waals surface area contributed by atoms with Gasteiger partial charge < -0.3 is 25.8 Å². The fraction of sp³-hybridized carbons (Fsp3) is 0.625. The number of aromatic nitrogens is 3. The maximum atomic E-state index is 14.2. The smallest absolute Gasteiger partial charge is 0.233 e. The van der Waals surface area contributed by atoms with Crippen LogP contribution in [0, 0.1) is 11.7 Å². The second kappa shape index (κ2) is 11.6. The van der Waals surface area contributed by atoms with E-state index in [0.717, 1.165) is 51.7 Å². The monoisotopic (exact) mass is 473 g/mol. The van der Waals surface area contributed by atoms with Crippen molar-refractivity contribution in [2.45, 2.75) is 57.6 Å². The van der Waals surface area contributed by atoms with E-state index in [1.165, 1.54) is 19.6 Å². The van der Waals surface area contributed by atoms with Gasteiger partial charge in [-0.25, -0.2) is 4.39 Å². The second-order valence-corrected chi connectivity index (χ2v) is 9.15. The number of hydrogen-bond donors (Lipinski definition) is 4. The van der Waals surface area contributed by atoms with Crippen molar-refractivity contribution in [2.24, 2.45) is 5.92 Å². The van der Waals surface area contributed by atoms with Crippen LogP contribution in [0.3, 0.4) is 0 Å². The molecule has 10 heteroatoms. The molecule has 1 aromatic heterocycles. The molecule has 3 atom stereocenters. The Hall–Kier alpha value is -2.72. The summed E-state index contributed by atoms with van der Waals surface area (Å²) in [4.78, 5) is 16.1. The SMILES string of the molecule is CCN1CCCC1CNc1nc(NCC2CCCC(O)C2)nc(Nc2ccc(OC)c(F)c2)n1. The lowest BCUT2D eigenvalue weighted by molar-refractivity contribution is 0.104. The number of methoxy groups -OCH3 is 1. The Morgan fingerprint density at radius 3 is 2.53 bits per heavy atom. The summed E-state index contributed by atoms with van der Waals surface area (Å²) in [6.45, 7) is 5.77. The van der Waals surface area contributed by atoms with E-state index in [9.17, 15) is 9.50 Å². The molecular formula is C24H36FN7O2. The van der Waals surface area contributed by atoms with Gasteiger partial charge in [-0.3, -0.25) is 4.90 Å². The van der Waals surface area contributed by atoms with Gasteiger partial charge in [0, 0.05) is 30.9 Å². The number of anilines is 4. The van der Waals surface area contributed by atoms with Crippen molar-refractivity contribution in [3.63, 3.8) is 0 Å². The normalized spacial score (nSPS) is 23.0. The van der Waals surface area contributed by atoms with Crippen LogP contribution in [0.25, 0.3) is 0 Å². The first-order valence-corrected chi connectivity index (χ1v) is 12.3. The summed E-state index contributed by atoms with van der Waals surface area (Å²) >= 11 is 0. The van der Waals surface area contributed by atoms with E-state index in [4.69, 9.17) is 4.74 Å². The molecule has 4 rings (SSSR count). The largest absolute Gasteiger partial charge is 0.494 e. The zero-order chi connectivity index (χ0) is 23.9. The molecule has 4 N–H and O–H groups in total. The van der Waals surface area contributed by atoms with Crippen molar-refractivity contribution < 1.29 is 14.2 Å². The number of hydrogen-bond acceptors (Lipinski definition) is 9. The van der Waals surface area contributed by atoms with Crippen molar-refractivity contribution >= 4 is 23.5 Å². The highest BCUT2D eigenvalue weighted by molar-refractivity contribution is 5.57. The Balaban J connectivity index is 1.48. The third-order valence-electron chi connectivity index (χ3n) is 6.75. The maximum absolute atomic E-state index is 14.2. The van der Waals surface area contributed by atoms with Crippen molar-refractivity contribution in [2.75, 3.05) is 49.2 Å². The predicted octanol–water partition coefficient (Wildman–Crippen LogP) is 3.62. The quantitative estimate of drug-likeness (QED) is 0.411. The van der Waals surface area contributed by atoms with Crippen molar-refractivity contribution in [3.05, 3.63) is 24.0 Å². The number of halogens is 1. The number of benzene rings is 1. The molecule has 2 aromatic rings. The highest BCUT2D eigenvalue weighted by Gasteiger charge is 2.23. The van der Waals surface area contributed by atoms with Crippen molar-refractivity contribution in [3.8, 4) is 5.75 Å². The summed E-state index contributed by atoms with van der Waals surface area (Å²) < 4.78 is 19.2. The number of aliphatic hydroxyl groups excluding tert-OH is 1. The molecule has 2 heterocycles. The molecular weight excluding hydrogens is 437 g/mol. The molecule has 3 unspecified atom stereocenters. The molecule has 1 aliphatic carbocycles. The van der Waals surface area contributed by atoms with Crippen LogP contribution in [-0.4, -0.2) is 70.4 Å². The van der Waals surface area contributed by atoms with Gasteiger partial charge in [-0.15, -0.1) is 0 Å². The average molecular weight is 474 g/mol. The van der Waals surface area contributed by atoms with Crippen molar-refractivity contribution in [1.29, 1.82) is 0 Å². The van der Waals surface area contributed by atoms with Crippen LogP contribution in [0.15, 0.2) is 18.2 Å². The first-order valence-electron chi connectivity index (χ1n) is 12.3. The fourth-order valence-electron chi connectivity index (χ4n) is 4.90. The van der Waals surface area contributed by atoms with Crippen LogP contribution in [0.1, 0.15) is 45.4 Å². The first-order chi connectivity index (χ1) is 16.5. The summed E-state index contributed by atoms with van der Waals surface area (Å²) in [5, 5.41) is 19.7. The van der Waals surface area contributed by atoms with Gasteiger partial charge in [0.1, 0.15) is 0 Å². The maximum Gasteiger partial charge on any atom is 0.233 e. The Bertz CT molecular complexity index is 948. The van der Waals surface area contributed by atoms with Gasteiger partial charge in [-0.2, -0.15) is 15.0 Å². The van der Waals surface area contributed by atoms with Crippen LogP contribution in [-0.2, 0) is 0 Å². The Kier molecular flexibility index (Phi) is 8.34. The van der Waals surface area contributed by atoms with E-state index >= 15 is 0 Å². The first kappa shape index (κ1) is 24.4. The van der Waals surface area contributed by atoms with Gasteiger partial charge >= 0.3 is 0 Å². The van der Waals surface area contributed by atoms with Crippen LogP contribution < -0.4 is 20.7 Å². The molecule has 1 aromatic carbocycles. The lowest BCUT2D eigenvalue weighted by Crippen LogP contribution is -2.35. The molecule has 0 amide bonds. The number of aliphatic hydroxyl groups is 1. The van der Waals surface area contributed by atoms with Gasteiger partial charge in [0.25, 0.3) is 0 Å². The summed E-state index contributed by atoms with van der Waals surface area (Å²) in [7, 11) is 1.43. The Morgan fingerprint density at radius 2 is 1.82 bits per heavy atom. The zero-order valence-corrected chi connectivity index (χ0v) is 20.1. The number of likely N-dealkylation sites (N-methyl/N-ethyl adjacent to an activating group) is 1. The summed E-state index contributed by atoms with van der Waals surface area (Å²) in [6, 6.07) is 5.08. The van der Waals surface area contributed by atoms with Crippen LogP contribution in [0.4, 0.5) is 27.9 Å². The minimum atomic E-state index is -0.463. The van der Waals surface area contributed by atoms with Gasteiger partial charge in [0.05, 0.1) is 13.2 Å². The number of rotatable bonds is 10. The third-order valence-corrected chi connectivity index (χ3v) is 6.75. The zero-order valence-electron chi connectivity index (χ0n) is 20.1. The van der Waals surface area contributed by atoms with Gasteiger partial charge in [-0.1, -0.05) is 13.3 Å². The lowest BCUT2D eigenvalue weighted by Gasteiger charge is -2.26. The van der Waals surface area contributed by atoms with E-state index in [0.29, 0.717) is 42.0 Å². The number of ether oxygens (including phenoxy) is 1. The molecule has 0 bridgehead atoms. The van der Waals surface area contributed by atoms with Crippen LogP contribution in [0.2, 0.25) is 0 Å². The number of likely N-dealkylation sites (tertiary alicyclic amines) is 1. The van der Waals surface area contributed by atoms with E-state index in [1.807, 2.05) is 0 Å². The molecule has 9 nitrogen and oxygen atoms in total. The molecule has 0 radical (unpaired) electrons. The van der Waals surface area contributed by atoms with Gasteiger partial charge in [0.2, 0.25) is 17.8 Å². The molecule has 186 valence electrons. The van der Waals surface area contributed by atoms with Crippen molar-refractivity contribution in [1.82, 2.24) is 19.9 Å². The van der Waals surface area contributed by atoms with Crippen LogP contribution in [0.5, 0.6) is 5.75 Å². The fourth-order valence-corrected chi connectivity index (χ4v) is 4.90. The second-order valence-electron chi connectivity index (χ2n) is 9.15. The summed E-state index contributed by atoms with van der Waals surface area (Å²) in [6.07, 6.45) is 5.89. The molecule has 1 saturated heterocycles. The predicted molar refractivity (Wildman–Crippen MR) is 131 cm³/mol. The van der Waals surface area contributed by atoms with E-state index < -0.39 is 5.82 Å². The highest BCUT2D eigenvalue weighted by Crippen LogP contribution is 2.26. The van der Waals surface area contributed by atoms with Gasteiger partial charge in [-0.05, 0) is 63.2 Å². The highest BCUT2D eigenvalue weighted by atomic mass is 19.1. The molecule has 34 heavy (non-hydrogen) atoms. The minimum absolute atomic E-state index is 0.178. The number of nitrogens with one attached hydrogen (secondary N) is 3. The average Bonchev–Trinajstić information content (AvgIpc) is 3.29. The Labute approximate surface area is 200 Å². The topological polar surface area (TPSA) is 107 Å². The Morgan fingerprint density at radius 1 is 1.06 bits per heavy atom. The lowest BCUT2D eigenvalue weighted by atomic mass is 9.87. The summed E-state index contributed by atoms with van der Waals surface area (Å²) in [5.41, 5.74) is 0.518. The number of nitrogens with zero attached hydrogens (tertiary/aromatic N) is 4. The van der Waals surface area contributed by atoms with E-state index in [1.54, 1.807) is 12.1 Å². The molecule has 0 spiro atoms. The molecule has 1 aliphatic heterocycles. The van der Waals surface area contributed by atoms with Gasteiger partial charge in [0.15, 0.2) is 11.6 Å². The minimum Gasteiger partial charge on any atom is -0.494 e. The molecule has 1 saturated carbocycles. The van der Waals surface area contributed by atoms with Crippen LogP contribution >= 0.6 is 0 Å². The van der Waals surface area contributed by atoms with E-state index in [2.05, 4.69) is 42.7 Å². The third kappa shape index (κ3) is 6.44. The standard InChI is InChI=1S/C24H36FN7O2/c1-3-32-11-5-7-18(32)15-27-23-29-22(26-14-16-6-4-8-19(33)12-16)30-24(31-23)28-17-9-10-21(34-2)20(25)13-17/h9-10,13,16,18-19,33H,3-8,11-12,14-15H2,1-2H3,(H3,26,27,28,29,30,31).